The molecule has 1 aliphatic rings. The van der Waals surface area contributed by atoms with Crippen LogP contribution in [0.4, 0.5) is 0 Å². The van der Waals surface area contributed by atoms with Crippen molar-refractivity contribution >= 4 is 11.3 Å². The second kappa shape index (κ2) is 4.13. The molecule has 0 spiro atoms. The van der Waals surface area contributed by atoms with Crippen molar-refractivity contribution in [2.75, 3.05) is 7.11 Å². The van der Waals surface area contributed by atoms with Crippen molar-refractivity contribution in [3.8, 4) is 16.3 Å². The number of thiazole rings is 1. The van der Waals surface area contributed by atoms with Gasteiger partial charge in [-0.25, -0.2) is 4.98 Å². The summed E-state index contributed by atoms with van der Waals surface area (Å²) in [7, 11) is 1.67. The van der Waals surface area contributed by atoms with Gasteiger partial charge in [0, 0.05) is 28.6 Å². The molecule has 2 N–H and O–H groups in total. The van der Waals surface area contributed by atoms with Gasteiger partial charge in [0.2, 0.25) is 0 Å². The van der Waals surface area contributed by atoms with E-state index in [0.29, 0.717) is 12.0 Å². The minimum atomic E-state index is 0.346. The Hall–Kier alpha value is -1.39. The average Bonchev–Trinajstić information content (AvgIpc) is 2.92. The van der Waals surface area contributed by atoms with Crippen LogP contribution in [0, 0.1) is 0 Å². The zero-order chi connectivity index (χ0) is 11.8. The molecule has 17 heavy (non-hydrogen) atoms. The van der Waals surface area contributed by atoms with E-state index in [0.717, 1.165) is 22.7 Å². The minimum Gasteiger partial charge on any atom is -0.497 e. The molecular weight excluding hydrogens is 232 g/mol. The van der Waals surface area contributed by atoms with Crippen molar-refractivity contribution in [3.05, 3.63) is 35.3 Å². The summed E-state index contributed by atoms with van der Waals surface area (Å²) in [5.74, 6) is 1.41. The first-order valence-corrected chi connectivity index (χ1v) is 6.45. The van der Waals surface area contributed by atoms with Crippen LogP contribution in [0.3, 0.4) is 0 Å². The lowest BCUT2D eigenvalue weighted by Gasteiger charge is -2.00. The molecule has 88 valence electrons. The van der Waals surface area contributed by atoms with Crippen molar-refractivity contribution < 1.29 is 4.74 Å². The molecule has 1 heterocycles. The maximum Gasteiger partial charge on any atom is 0.123 e. The summed E-state index contributed by atoms with van der Waals surface area (Å²) in [4.78, 5) is 5.77. The van der Waals surface area contributed by atoms with Crippen molar-refractivity contribution in [1.82, 2.24) is 4.98 Å². The number of aromatic nitrogens is 1. The predicted molar refractivity (Wildman–Crippen MR) is 69.4 cm³/mol. The maximum atomic E-state index is 5.85. The van der Waals surface area contributed by atoms with Gasteiger partial charge < -0.3 is 10.5 Å². The summed E-state index contributed by atoms with van der Waals surface area (Å²) in [6.45, 7) is 0. The van der Waals surface area contributed by atoms with E-state index in [2.05, 4.69) is 4.98 Å². The molecule has 1 aliphatic carbocycles. The molecule has 1 aromatic heterocycles. The van der Waals surface area contributed by atoms with Crippen LogP contribution in [0.5, 0.6) is 5.75 Å². The van der Waals surface area contributed by atoms with Crippen LogP contribution in [0.15, 0.2) is 30.5 Å². The Balaban J connectivity index is 1.85. The van der Waals surface area contributed by atoms with Gasteiger partial charge in [-0.3, -0.25) is 0 Å². The Morgan fingerprint density at radius 2 is 2.06 bits per heavy atom. The number of nitrogens with two attached hydrogens (primary N) is 1. The second-order valence-electron chi connectivity index (χ2n) is 4.30. The first-order chi connectivity index (χ1) is 8.28. The van der Waals surface area contributed by atoms with E-state index in [9.17, 15) is 0 Å². The van der Waals surface area contributed by atoms with Gasteiger partial charge in [0.1, 0.15) is 10.8 Å². The quantitative estimate of drug-likeness (QED) is 0.905. The van der Waals surface area contributed by atoms with Gasteiger partial charge in [0.25, 0.3) is 0 Å². The van der Waals surface area contributed by atoms with Gasteiger partial charge >= 0.3 is 0 Å². The van der Waals surface area contributed by atoms with Gasteiger partial charge in [0.15, 0.2) is 0 Å². The van der Waals surface area contributed by atoms with Gasteiger partial charge in [-0.15, -0.1) is 11.3 Å². The van der Waals surface area contributed by atoms with Gasteiger partial charge in [0.05, 0.1) is 7.11 Å². The molecule has 2 atom stereocenters. The van der Waals surface area contributed by atoms with Crippen LogP contribution in [-0.2, 0) is 0 Å². The highest BCUT2D eigenvalue weighted by molar-refractivity contribution is 7.15. The number of hydrogen-bond acceptors (Lipinski definition) is 4. The Kier molecular flexibility index (Phi) is 2.61. The van der Waals surface area contributed by atoms with E-state index in [4.69, 9.17) is 10.5 Å². The summed E-state index contributed by atoms with van der Waals surface area (Å²) in [6.07, 6.45) is 3.06. The number of ether oxygens (including phenoxy) is 1. The minimum absolute atomic E-state index is 0.346. The van der Waals surface area contributed by atoms with Gasteiger partial charge in [-0.05, 0) is 30.7 Å². The van der Waals surface area contributed by atoms with Crippen LogP contribution >= 0.6 is 11.3 Å². The van der Waals surface area contributed by atoms with Crippen molar-refractivity contribution in [3.63, 3.8) is 0 Å². The fourth-order valence-electron chi connectivity index (χ4n) is 1.87. The number of benzene rings is 1. The van der Waals surface area contributed by atoms with E-state index in [1.54, 1.807) is 18.4 Å². The summed E-state index contributed by atoms with van der Waals surface area (Å²) in [5, 5.41) is 1.06. The molecule has 0 aliphatic heterocycles. The van der Waals surface area contributed by atoms with Crippen LogP contribution in [0.1, 0.15) is 17.2 Å². The molecule has 2 aromatic rings. The molecule has 1 saturated carbocycles. The lowest BCUT2D eigenvalue weighted by Crippen LogP contribution is -1.99. The summed E-state index contributed by atoms with van der Waals surface area (Å²) in [6, 6.07) is 8.33. The maximum absolute atomic E-state index is 5.85. The largest absolute Gasteiger partial charge is 0.497 e. The molecule has 1 aromatic carbocycles. The van der Waals surface area contributed by atoms with Gasteiger partial charge in [-0.2, -0.15) is 0 Å². The molecular formula is C13H14N2OS. The Morgan fingerprint density at radius 1 is 1.35 bits per heavy atom. The fourth-order valence-corrected chi connectivity index (χ4v) is 2.98. The molecule has 0 saturated heterocycles. The Labute approximate surface area is 104 Å². The molecule has 4 heteroatoms. The highest BCUT2D eigenvalue weighted by atomic mass is 32.1. The summed E-state index contributed by atoms with van der Waals surface area (Å²) >= 11 is 1.74. The highest BCUT2D eigenvalue weighted by Crippen LogP contribution is 2.43. The zero-order valence-electron chi connectivity index (χ0n) is 9.59. The third-order valence-electron chi connectivity index (χ3n) is 3.07. The van der Waals surface area contributed by atoms with Crippen molar-refractivity contribution in [2.24, 2.45) is 5.73 Å². The van der Waals surface area contributed by atoms with Gasteiger partial charge in [-0.1, -0.05) is 0 Å². The molecule has 0 bridgehead atoms. The number of nitrogens with zero attached hydrogens (tertiary/aromatic N) is 1. The lowest BCUT2D eigenvalue weighted by atomic mass is 10.2. The number of methoxy groups -OCH3 is 1. The van der Waals surface area contributed by atoms with Crippen LogP contribution in [0.25, 0.3) is 10.6 Å². The van der Waals surface area contributed by atoms with E-state index < -0.39 is 0 Å². The molecule has 3 rings (SSSR count). The van der Waals surface area contributed by atoms with E-state index in [1.807, 2.05) is 30.5 Å². The Morgan fingerprint density at radius 3 is 2.65 bits per heavy atom. The van der Waals surface area contributed by atoms with E-state index >= 15 is 0 Å². The number of hydrogen-bond donors (Lipinski definition) is 1. The number of rotatable bonds is 3. The summed E-state index contributed by atoms with van der Waals surface area (Å²) in [5.41, 5.74) is 6.98. The van der Waals surface area contributed by atoms with Crippen LogP contribution in [0.2, 0.25) is 0 Å². The summed E-state index contributed by atoms with van der Waals surface area (Å²) < 4.78 is 5.14. The molecule has 3 nitrogen and oxygen atoms in total. The standard InChI is InChI=1S/C13H14N2OS/c1-16-9-4-2-8(3-5-9)13-15-7-12(17-13)10-6-11(10)14/h2-5,7,10-11H,6,14H2,1H3/t10-,11-/m1/s1. The molecule has 0 amide bonds. The van der Waals surface area contributed by atoms with Crippen molar-refractivity contribution in [1.29, 1.82) is 0 Å². The lowest BCUT2D eigenvalue weighted by molar-refractivity contribution is 0.415. The zero-order valence-corrected chi connectivity index (χ0v) is 10.4. The van der Waals surface area contributed by atoms with E-state index in [1.165, 1.54) is 4.88 Å². The monoisotopic (exact) mass is 246 g/mol. The molecule has 1 fully saturated rings. The van der Waals surface area contributed by atoms with E-state index in [-0.39, 0.29) is 0 Å². The topological polar surface area (TPSA) is 48.1 Å². The predicted octanol–water partition coefficient (Wildman–Crippen LogP) is 2.63. The third-order valence-corrected chi connectivity index (χ3v) is 4.24. The first kappa shape index (κ1) is 10.7. The average molecular weight is 246 g/mol. The first-order valence-electron chi connectivity index (χ1n) is 5.63. The fraction of sp³-hybridized carbons (Fsp3) is 0.308. The molecule has 0 radical (unpaired) electrons. The third kappa shape index (κ3) is 2.06. The SMILES string of the molecule is COc1ccc(-c2ncc([C@@H]3C[C@H]3N)s2)cc1. The smallest absolute Gasteiger partial charge is 0.123 e. The Bertz CT molecular complexity index is 520. The van der Waals surface area contributed by atoms with Crippen LogP contribution in [-0.4, -0.2) is 18.1 Å². The molecule has 0 unspecified atom stereocenters. The highest BCUT2D eigenvalue weighted by Gasteiger charge is 2.36. The van der Waals surface area contributed by atoms with Crippen molar-refractivity contribution in [2.45, 2.75) is 18.4 Å². The second-order valence-corrected chi connectivity index (χ2v) is 5.36. The van der Waals surface area contributed by atoms with Crippen LogP contribution < -0.4 is 10.5 Å². The normalized spacial score (nSPS) is 22.5.